The van der Waals surface area contributed by atoms with Gasteiger partial charge in [-0.2, -0.15) is 13.2 Å². The van der Waals surface area contributed by atoms with Crippen molar-refractivity contribution in [3.63, 3.8) is 0 Å². The van der Waals surface area contributed by atoms with Crippen molar-refractivity contribution in [1.82, 2.24) is 23.7 Å². The normalized spacial score (nSPS) is 18.0. The van der Waals surface area contributed by atoms with Crippen LogP contribution in [0.4, 0.5) is 19.0 Å². The summed E-state index contributed by atoms with van der Waals surface area (Å²) in [4.78, 5) is 51.0. The number of carbonyl (C=O) groups is 1. The summed E-state index contributed by atoms with van der Waals surface area (Å²) in [6.45, 7) is 1.58. The molecule has 1 aliphatic heterocycles. The Hall–Kier alpha value is -4.77. The fourth-order valence-electron chi connectivity index (χ4n) is 4.89. The molecule has 0 unspecified atom stereocenters. The largest absolute Gasteiger partial charge is 0.395 e. The molecule has 0 spiro atoms. The highest BCUT2D eigenvalue weighted by atomic mass is 19.4. The molecule has 2 atom stereocenters. The minimum atomic E-state index is -4.36. The number of halogens is 3. The topological polar surface area (TPSA) is 116 Å². The van der Waals surface area contributed by atoms with Crippen molar-refractivity contribution in [1.29, 1.82) is 0 Å². The van der Waals surface area contributed by atoms with Gasteiger partial charge >= 0.3 is 11.9 Å². The van der Waals surface area contributed by atoms with Gasteiger partial charge in [-0.25, -0.2) is 19.8 Å². The Morgan fingerprint density at radius 2 is 1.98 bits per heavy atom. The van der Waals surface area contributed by atoms with Crippen LogP contribution < -0.4 is 16.6 Å². The van der Waals surface area contributed by atoms with Crippen molar-refractivity contribution in [3.8, 4) is 0 Å². The third kappa shape index (κ3) is 5.23. The molecule has 1 aliphatic carbocycles. The Morgan fingerprint density at radius 1 is 1.20 bits per heavy atom. The van der Waals surface area contributed by atoms with Gasteiger partial charge in [-0.3, -0.25) is 18.7 Å². The number of carbonyl (C=O) groups excluding carboxylic acids is 1. The van der Waals surface area contributed by atoms with E-state index in [1.54, 1.807) is 37.3 Å². The standard InChI is InChI=1S/C28H26F3N7O3/c1-16(38-15-33-24-23(38)26(40)37(3)27(41)36(24)2)25(39)35-22-13-7-11-20(34-22)17-8-6-12-21(32-14-17)18-9-4-5-10-19(18)28(29,30)31/h6-9,11,13-16,19H,4-5,10H2,1-3H3,(H,34,35,39)/t16-,19-/m1/s1. The second kappa shape index (κ2) is 10.7. The molecule has 0 bridgehead atoms. The Kier molecular flexibility index (Phi) is 7.22. The van der Waals surface area contributed by atoms with Gasteiger partial charge in [-0.15, -0.1) is 0 Å². The summed E-state index contributed by atoms with van der Waals surface area (Å²) in [6.07, 6.45) is 4.14. The smallest absolute Gasteiger partial charge is 0.312 e. The van der Waals surface area contributed by atoms with Gasteiger partial charge in [0, 0.05) is 25.9 Å². The fourth-order valence-corrected chi connectivity index (χ4v) is 4.89. The lowest BCUT2D eigenvalue weighted by molar-refractivity contribution is -0.166. The van der Waals surface area contributed by atoms with Gasteiger partial charge < -0.3 is 9.88 Å². The molecule has 0 saturated carbocycles. The minimum Gasteiger partial charge on any atom is -0.312 e. The van der Waals surface area contributed by atoms with Crippen LogP contribution in [0.1, 0.15) is 37.9 Å². The molecule has 3 aromatic rings. The number of rotatable bonds is 5. The number of fused-ring (bicyclic) bond motifs is 1. The third-order valence-corrected chi connectivity index (χ3v) is 7.19. The molecule has 1 amide bonds. The second-order valence-corrected chi connectivity index (χ2v) is 9.83. The van der Waals surface area contributed by atoms with Crippen molar-refractivity contribution in [2.24, 2.45) is 25.0 Å². The van der Waals surface area contributed by atoms with E-state index in [0.29, 0.717) is 24.1 Å². The van der Waals surface area contributed by atoms with Gasteiger partial charge in [0.15, 0.2) is 11.2 Å². The van der Waals surface area contributed by atoms with Crippen LogP contribution in [0.5, 0.6) is 0 Å². The van der Waals surface area contributed by atoms with Crippen LogP contribution in [-0.2, 0) is 18.9 Å². The average Bonchev–Trinajstić information content (AvgIpc) is 3.25. The van der Waals surface area contributed by atoms with E-state index in [-0.39, 0.29) is 34.7 Å². The first kappa shape index (κ1) is 27.8. The zero-order valence-electron chi connectivity index (χ0n) is 22.4. The van der Waals surface area contributed by atoms with E-state index in [9.17, 15) is 27.6 Å². The number of nitrogens with zero attached hydrogens (tertiary/aromatic N) is 6. The number of imidazole rings is 1. The SMILES string of the molecule is C[C@H](C(=O)Nc1cccc(C2=CC=C=C(C3=CCCC[C@H]3C(F)(F)F)N=C2)n1)n1cnc2c1c(=O)n(C)c(=O)n2C. The van der Waals surface area contributed by atoms with Crippen LogP contribution in [0.25, 0.3) is 16.7 Å². The van der Waals surface area contributed by atoms with Gasteiger partial charge in [-0.1, -0.05) is 17.9 Å². The van der Waals surface area contributed by atoms with Crippen LogP contribution in [0.15, 0.2) is 74.3 Å². The van der Waals surface area contributed by atoms with Crippen molar-refractivity contribution in [3.05, 3.63) is 86.3 Å². The number of pyridine rings is 1. The van der Waals surface area contributed by atoms with Crippen molar-refractivity contribution in [2.45, 2.75) is 38.4 Å². The molecule has 212 valence electrons. The summed E-state index contributed by atoms with van der Waals surface area (Å²) in [7, 11) is 2.84. The summed E-state index contributed by atoms with van der Waals surface area (Å²) in [6, 6.07) is 4.05. The van der Waals surface area contributed by atoms with Gasteiger partial charge in [0.25, 0.3) is 5.56 Å². The number of hydrogen-bond donors (Lipinski definition) is 1. The number of allylic oxidation sites excluding steroid dienone is 4. The van der Waals surface area contributed by atoms with Crippen LogP contribution in [0, 0.1) is 5.92 Å². The van der Waals surface area contributed by atoms with Crippen LogP contribution in [0.2, 0.25) is 0 Å². The Morgan fingerprint density at radius 3 is 2.73 bits per heavy atom. The van der Waals surface area contributed by atoms with Gasteiger partial charge in [0.05, 0.1) is 17.9 Å². The fraction of sp³-hybridized carbons (Fsp3) is 0.321. The zero-order chi connectivity index (χ0) is 29.5. The van der Waals surface area contributed by atoms with Gasteiger partial charge in [-0.05, 0) is 56.0 Å². The third-order valence-electron chi connectivity index (χ3n) is 7.19. The number of aliphatic imine (C=N–C) groups is 1. The summed E-state index contributed by atoms with van der Waals surface area (Å²) in [5, 5.41) is 2.72. The highest BCUT2D eigenvalue weighted by Gasteiger charge is 2.43. The Balaban J connectivity index is 1.36. The van der Waals surface area contributed by atoms with E-state index in [1.165, 1.54) is 41.8 Å². The van der Waals surface area contributed by atoms with Crippen molar-refractivity contribution >= 4 is 34.7 Å². The second-order valence-electron chi connectivity index (χ2n) is 9.83. The first-order chi connectivity index (χ1) is 19.5. The highest BCUT2D eigenvalue weighted by molar-refractivity contribution is 6.10. The molecule has 41 heavy (non-hydrogen) atoms. The number of aryl methyl sites for hydroxylation is 1. The predicted octanol–water partition coefficient (Wildman–Crippen LogP) is 3.82. The minimum absolute atomic E-state index is 0.0135. The monoisotopic (exact) mass is 565 g/mol. The summed E-state index contributed by atoms with van der Waals surface area (Å²) >= 11 is 0. The number of aromatic nitrogens is 5. The molecule has 13 heteroatoms. The van der Waals surface area contributed by atoms with E-state index >= 15 is 0 Å². The summed E-state index contributed by atoms with van der Waals surface area (Å²) in [5.74, 6) is -1.85. The lowest BCUT2D eigenvalue weighted by Gasteiger charge is -2.26. The van der Waals surface area contributed by atoms with Crippen LogP contribution in [-0.4, -0.2) is 42.0 Å². The lowest BCUT2D eigenvalue weighted by Crippen LogP contribution is -2.38. The Labute approximate surface area is 231 Å². The highest BCUT2D eigenvalue weighted by Crippen LogP contribution is 2.41. The van der Waals surface area contributed by atoms with Gasteiger partial charge in [0.2, 0.25) is 5.91 Å². The predicted molar refractivity (Wildman–Crippen MR) is 147 cm³/mol. The number of hydrogen-bond acceptors (Lipinski definition) is 6. The molecule has 10 nitrogen and oxygen atoms in total. The first-order valence-electron chi connectivity index (χ1n) is 12.9. The molecule has 0 saturated heterocycles. The maximum Gasteiger partial charge on any atom is 0.395 e. The average molecular weight is 566 g/mol. The molecule has 5 rings (SSSR count). The summed E-state index contributed by atoms with van der Waals surface area (Å²) < 4.78 is 44.4. The van der Waals surface area contributed by atoms with Crippen molar-refractivity contribution in [2.75, 3.05) is 5.32 Å². The molecule has 1 N–H and O–H groups in total. The van der Waals surface area contributed by atoms with Gasteiger partial charge in [0.1, 0.15) is 17.6 Å². The quantitative estimate of drug-likeness (QED) is 0.472. The molecule has 3 aromatic heterocycles. The number of anilines is 1. The van der Waals surface area contributed by atoms with Crippen LogP contribution >= 0.6 is 0 Å². The van der Waals surface area contributed by atoms with E-state index in [2.05, 4.69) is 26.0 Å². The molecular formula is C28H26F3N7O3. The van der Waals surface area contributed by atoms with E-state index < -0.39 is 35.3 Å². The van der Waals surface area contributed by atoms with E-state index in [0.717, 1.165) is 4.57 Å². The maximum atomic E-state index is 13.6. The lowest BCUT2D eigenvalue weighted by atomic mass is 9.85. The van der Waals surface area contributed by atoms with E-state index in [4.69, 9.17) is 0 Å². The Bertz CT molecular complexity index is 1830. The molecule has 2 aliphatic rings. The number of amides is 1. The van der Waals surface area contributed by atoms with E-state index in [1.807, 2.05) is 0 Å². The molecule has 0 radical (unpaired) electrons. The molecule has 0 fully saturated rings. The molecule has 4 heterocycles. The summed E-state index contributed by atoms with van der Waals surface area (Å²) in [5.41, 5.74) is 3.21. The molecule has 0 aromatic carbocycles. The zero-order valence-corrected chi connectivity index (χ0v) is 22.4. The molecular weight excluding hydrogens is 539 g/mol. The number of alkyl halides is 3. The van der Waals surface area contributed by atoms with Crippen LogP contribution in [0.3, 0.4) is 0 Å². The van der Waals surface area contributed by atoms with Crippen molar-refractivity contribution < 1.29 is 18.0 Å². The number of nitrogens with one attached hydrogen (secondary N) is 1. The first-order valence-corrected chi connectivity index (χ1v) is 12.9. The maximum absolute atomic E-state index is 13.6.